The van der Waals surface area contributed by atoms with Crippen LogP contribution in [0.1, 0.15) is 19.8 Å². The molecule has 18 heavy (non-hydrogen) atoms. The molecule has 0 bridgehead atoms. The lowest BCUT2D eigenvalue weighted by molar-refractivity contribution is -0.147. The monoisotopic (exact) mass is 268 g/mol. The first kappa shape index (κ1) is 12.7. The maximum Gasteiger partial charge on any atom is 0.353 e. The van der Waals surface area contributed by atoms with Crippen molar-refractivity contribution in [2.45, 2.75) is 25.8 Å². The Morgan fingerprint density at radius 3 is 2.78 bits per heavy atom. The highest BCUT2D eigenvalue weighted by atomic mass is 32.2. The highest BCUT2D eigenvalue weighted by molar-refractivity contribution is 8.05. The molecule has 0 radical (unpaired) electrons. The van der Waals surface area contributed by atoms with Gasteiger partial charge < -0.3 is 15.3 Å². The van der Waals surface area contributed by atoms with Gasteiger partial charge in [0.15, 0.2) is 0 Å². The second-order valence-electron chi connectivity index (χ2n) is 4.02. The van der Waals surface area contributed by atoms with Gasteiger partial charge in [0.1, 0.15) is 5.70 Å². The Bertz CT molecular complexity index is 483. The molecule has 0 spiro atoms. The number of β-lactam (4-membered cyclic amide) rings is 1. The van der Waals surface area contributed by atoms with Crippen molar-refractivity contribution in [3.63, 3.8) is 0 Å². The highest BCUT2D eigenvalue weighted by Gasteiger charge is 2.47. The third kappa shape index (κ3) is 2.26. The summed E-state index contributed by atoms with van der Waals surface area (Å²) < 4.78 is 0. The predicted octanol–water partition coefficient (Wildman–Crippen LogP) is 0.628. The number of aliphatic carboxylic acids is 1. The van der Waals surface area contributed by atoms with Crippen molar-refractivity contribution in [3.05, 3.63) is 22.2 Å². The molecule has 2 N–H and O–H groups in total. The van der Waals surface area contributed by atoms with Crippen molar-refractivity contribution in [2.24, 2.45) is 0 Å². The molecular formula is C11H12N2O4S. The van der Waals surface area contributed by atoms with Gasteiger partial charge in [-0.1, -0.05) is 11.8 Å². The summed E-state index contributed by atoms with van der Waals surface area (Å²) in [5.41, 5.74) is 0.0775. The maximum absolute atomic E-state index is 11.3. The summed E-state index contributed by atoms with van der Waals surface area (Å²) in [6, 6.07) is 0.000247. The smallest absolute Gasteiger partial charge is 0.353 e. The summed E-state index contributed by atoms with van der Waals surface area (Å²) in [5.74, 6) is -1.41. The Hall–Kier alpha value is -1.76. The molecule has 2 amide bonds. The van der Waals surface area contributed by atoms with Crippen LogP contribution in [-0.4, -0.2) is 33.8 Å². The van der Waals surface area contributed by atoms with E-state index in [1.165, 1.54) is 29.8 Å². The third-order valence-electron chi connectivity index (χ3n) is 2.74. The van der Waals surface area contributed by atoms with Gasteiger partial charge in [-0.25, -0.2) is 4.79 Å². The van der Waals surface area contributed by atoms with Gasteiger partial charge in [0, 0.05) is 30.9 Å². The van der Waals surface area contributed by atoms with Crippen molar-refractivity contribution in [1.82, 2.24) is 10.2 Å². The third-order valence-corrected chi connectivity index (χ3v) is 3.65. The number of carbonyl (C=O) groups is 3. The normalized spacial score (nSPS) is 22.2. The molecule has 1 unspecified atom stereocenters. The van der Waals surface area contributed by atoms with Crippen LogP contribution in [0.2, 0.25) is 0 Å². The molecule has 1 atom stereocenters. The average molecular weight is 268 g/mol. The fourth-order valence-corrected chi connectivity index (χ4v) is 2.88. The molecule has 2 aliphatic heterocycles. The van der Waals surface area contributed by atoms with Crippen LogP contribution >= 0.6 is 11.8 Å². The zero-order valence-electron chi connectivity index (χ0n) is 9.67. The summed E-state index contributed by atoms with van der Waals surface area (Å²) in [7, 11) is 0. The highest BCUT2D eigenvalue weighted by Crippen LogP contribution is 2.43. The lowest BCUT2D eigenvalue weighted by atomic mass is 10.0. The van der Waals surface area contributed by atoms with Crippen LogP contribution in [0.3, 0.4) is 0 Å². The predicted molar refractivity (Wildman–Crippen MR) is 65.1 cm³/mol. The Morgan fingerprint density at radius 1 is 1.50 bits per heavy atom. The Morgan fingerprint density at radius 2 is 2.22 bits per heavy atom. The number of rotatable bonds is 4. The van der Waals surface area contributed by atoms with Gasteiger partial charge in [-0.15, -0.1) is 0 Å². The average Bonchev–Trinajstić information content (AvgIpc) is 2.57. The molecule has 2 rings (SSSR count). The van der Waals surface area contributed by atoms with Crippen LogP contribution in [0.5, 0.6) is 0 Å². The minimum absolute atomic E-state index is 0.000247. The number of hydrogen-bond acceptors (Lipinski definition) is 4. The van der Waals surface area contributed by atoms with Crippen molar-refractivity contribution in [2.75, 3.05) is 0 Å². The Balaban J connectivity index is 2.07. The standard InChI is InChI=1S/C11H12N2O4S/c1-6(14)12-2-3-18-8-4-7-5-9(15)13(7)10(8)11(16)17/h2-3,7H,4-5H2,1H3,(H,12,14)(H,16,17)/b3-2+. The van der Waals surface area contributed by atoms with Crippen LogP contribution in [0, 0.1) is 0 Å². The van der Waals surface area contributed by atoms with Crippen molar-refractivity contribution in [3.8, 4) is 0 Å². The van der Waals surface area contributed by atoms with E-state index in [0.29, 0.717) is 17.7 Å². The molecule has 0 aromatic rings. The van der Waals surface area contributed by atoms with Gasteiger partial charge in [-0.2, -0.15) is 0 Å². The van der Waals surface area contributed by atoms with Crippen LogP contribution in [-0.2, 0) is 14.4 Å². The van der Waals surface area contributed by atoms with E-state index in [0.717, 1.165) is 0 Å². The molecule has 0 aromatic heterocycles. The number of nitrogens with zero attached hydrogens (tertiary/aromatic N) is 1. The number of carboxylic acid groups (broad SMARTS) is 1. The first-order valence-electron chi connectivity index (χ1n) is 5.38. The van der Waals surface area contributed by atoms with Gasteiger partial charge in [0.2, 0.25) is 11.8 Å². The minimum atomic E-state index is -1.08. The quantitative estimate of drug-likeness (QED) is 0.730. The molecular weight excluding hydrogens is 256 g/mol. The number of fused-ring (bicyclic) bond motifs is 1. The molecule has 0 saturated carbocycles. The van der Waals surface area contributed by atoms with Gasteiger partial charge in [-0.05, 0) is 5.41 Å². The van der Waals surface area contributed by atoms with Crippen LogP contribution in [0.4, 0.5) is 0 Å². The lowest BCUT2D eigenvalue weighted by Gasteiger charge is -2.34. The first-order valence-corrected chi connectivity index (χ1v) is 6.26. The SMILES string of the molecule is CC(=O)N/C=C/SC1=C(C(=O)O)N2C(=O)CC2C1. The number of amides is 2. The molecule has 1 fully saturated rings. The summed E-state index contributed by atoms with van der Waals surface area (Å²) in [6.45, 7) is 1.39. The summed E-state index contributed by atoms with van der Waals surface area (Å²) in [5, 5.41) is 13.2. The van der Waals surface area contributed by atoms with E-state index in [1.807, 2.05) is 0 Å². The van der Waals surface area contributed by atoms with Gasteiger partial charge in [-0.3, -0.25) is 9.59 Å². The zero-order chi connectivity index (χ0) is 13.3. The Kier molecular flexibility index (Phi) is 3.42. The van der Waals surface area contributed by atoms with E-state index < -0.39 is 5.97 Å². The van der Waals surface area contributed by atoms with Gasteiger partial charge >= 0.3 is 5.97 Å². The van der Waals surface area contributed by atoms with Crippen molar-refractivity contribution in [1.29, 1.82) is 0 Å². The van der Waals surface area contributed by atoms with E-state index in [2.05, 4.69) is 5.32 Å². The van der Waals surface area contributed by atoms with Crippen LogP contribution in [0.15, 0.2) is 22.2 Å². The van der Waals surface area contributed by atoms with Crippen molar-refractivity contribution >= 4 is 29.5 Å². The topological polar surface area (TPSA) is 86.7 Å². The molecule has 7 heteroatoms. The first-order chi connectivity index (χ1) is 8.50. The van der Waals surface area contributed by atoms with Gasteiger partial charge in [0.25, 0.3) is 0 Å². The molecule has 2 heterocycles. The molecule has 1 saturated heterocycles. The molecule has 0 aliphatic carbocycles. The number of hydrogen-bond donors (Lipinski definition) is 2. The van der Waals surface area contributed by atoms with Gasteiger partial charge in [0.05, 0.1) is 6.04 Å². The zero-order valence-corrected chi connectivity index (χ0v) is 10.5. The second kappa shape index (κ2) is 4.85. The molecule has 2 aliphatic rings. The maximum atomic E-state index is 11.3. The van der Waals surface area contributed by atoms with E-state index >= 15 is 0 Å². The molecule has 0 aromatic carbocycles. The number of carbonyl (C=O) groups excluding carboxylic acids is 2. The van der Waals surface area contributed by atoms with Crippen LogP contribution in [0.25, 0.3) is 0 Å². The van der Waals surface area contributed by atoms with E-state index in [1.54, 1.807) is 5.41 Å². The van der Waals surface area contributed by atoms with E-state index in [-0.39, 0.29) is 23.6 Å². The van der Waals surface area contributed by atoms with E-state index in [9.17, 15) is 14.4 Å². The lowest BCUT2D eigenvalue weighted by Crippen LogP contribution is -2.49. The number of nitrogens with one attached hydrogen (secondary N) is 1. The number of thioether (sulfide) groups is 1. The fourth-order valence-electron chi connectivity index (χ4n) is 1.99. The summed E-state index contributed by atoms with van der Waals surface area (Å²) >= 11 is 1.22. The fraction of sp³-hybridized carbons (Fsp3) is 0.364. The van der Waals surface area contributed by atoms with Crippen molar-refractivity contribution < 1.29 is 19.5 Å². The molecule has 96 valence electrons. The minimum Gasteiger partial charge on any atom is -0.477 e. The molecule has 6 nitrogen and oxygen atoms in total. The summed E-state index contributed by atoms with van der Waals surface area (Å²) in [6.07, 6.45) is 2.44. The van der Waals surface area contributed by atoms with Crippen LogP contribution < -0.4 is 5.32 Å². The second-order valence-corrected chi connectivity index (χ2v) is 5.02. The largest absolute Gasteiger partial charge is 0.477 e. The van der Waals surface area contributed by atoms with E-state index in [4.69, 9.17) is 5.11 Å². The Labute approximate surface area is 108 Å². The summed E-state index contributed by atoms with van der Waals surface area (Å²) in [4.78, 5) is 35.1. The number of carboxylic acids is 1.